The molecular weight excluding hydrogens is 288 g/mol. The Balaban J connectivity index is 1.55. The van der Waals surface area contributed by atoms with E-state index >= 15 is 0 Å². The van der Waals surface area contributed by atoms with Crippen LogP contribution < -0.4 is 5.32 Å². The summed E-state index contributed by atoms with van der Waals surface area (Å²) in [6.45, 7) is 3.34. The maximum absolute atomic E-state index is 12.5. The van der Waals surface area contributed by atoms with Gasteiger partial charge in [-0.1, -0.05) is 18.2 Å². The summed E-state index contributed by atoms with van der Waals surface area (Å²) in [5.74, 6) is -0.0305. The van der Waals surface area contributed by atoms with Crippen molar-refractivity contribution in [2.45, 2.75) is 38.9 Å². The number of aromatic nitrogens is 3. The molecule has 2 heterocycles. The summed E-state index contributed by atoms with van der Waals surface area (Å²) in [7, 11) is 0. The van der Waals surface area contributed by atoms with Crippen molar-refractivity contribution >= 4 is 16.8 Å². The van der Waals surface area contributed by atoms with E-state index in [-0.39, 0.29) is 5.91 Å². The monoisotopic (exact) mass is 308 g/mol. The summed E-state index contributed by atoms with van der Waals surface area (Å²) in [6, 6.07) is 12.5. The topological polar surface area (TPSA) is 51.9 Å². The summed E-state index contributed by atoms with van der Waals surface area (Å²) < 4.78 is 4.06. The van der Waals surface area contributed by atoms with Crippen LogP contribution in [-0.4, -0.2) is 20.3 Å². The zero-order valence-electron chi connectivity index (χ0n) is 13.2. The first-order valence-electron chi connectivity index (χ1n) is 8.17. The number of para-hydroxylation sites is 1. The molecule has 3 aromatic rings. The zero-order valence-corrected chi connectivity index (χ0v) is 13.2. The molecule has 0 aliphatic heterocycles. The third kappa shape index (κ3) is 2.52. The minimum Gasteiger partial charge on any atom is -0.345 e. The number of aryl methyl sites for hydroxylation is 1. The first-order valence-corrected chi connectivity index (χ1v) is 8.17. The summed E-state index contributed by atoms with van der Waals surface area (Å²) in [6.07, 6.45) is 4.33. The number of hydrogen-bond donors (Lipinski definition) is 1. The van der Waals surface area contributed by atoms with Gasteiger partial charge in [0.25, 0.3) is 5.91 Å². The molecular formula is C18H20N4O. The highest BCUT2D eigenvalue weighted by Crippen LogP contribution is 2.36. The first-order chi connectivity index (χ1) is 11.3. The van der Waals surface area contributed by atoms with Crippen molar-refractivity contribution in [3.63, 3.8) is 0 Å². The van der Waals surface area contributed by atoms with E-state index in [0.29, 0.717) is 12.6 Å². The number of rotatable bonds is 5. The second-order valence-electron chi connectivity index (χ2n) is 5.99. The number of fused-ring (bicyclic) bond motifs is 1. The van der Waals surface area contributed by atoms with Crippen LogP contribution in [0.25, 0.3) is 10.9 Å². The smallest absolute Gasteiger partial charge is 0.268 e. The average molecular weight is 308 g/mol. The van der Waals surface area contributed by atoms with E-state index in [2.05, 4.69) is 34.0 Å². The predicted octanol–water partition coefficient (Wildman–Crippen LogP) is 3.12. The molecule has 0 radical (unpaired) electrons. The van der Waals surface area contributed by atoms with Gasteiger partial charge < -0.3 is 9.88 Å². The minimum atomic E-state index is -0.0305. The van der Waals surface area contributed by atoms with E-state index in [1.165, 1.54) is 12.8 Å². The lowest BCUT2D eigenvalue weighted by atomic mass is 10.2. The number of hydrogen-bond acceptors (Lipinski definition) is 2. The van der Waals surface area contributed by atoms with E-state index in [0.717, 1.165) is 28.8 Å². The summed E-state index contributed by atoms with van der Waals surface area (Å²) in [5, 5.41) is 8.75. The quantitative estimate of drug-likeness (QED) is 0.787. The van der Waals surface area contributed by atoms with Crippen LogP contribution in [0.2, 0.25) is 0 Å². The molecule has 0 saturated heterocycles. The molecule has 1 aliphatic carbocycles. The van der Waals surface area contributed by atoms with Crippen LogP contribution in [0.4, 0.5) is 0 Å². The number of benzene rings is 1. The molecule has 0 spiro atoms. The Labute approximate surface area is 134 Å². The molecule has 1 N–H and O–H groups in total. The van der Waals surface area contributed by atoms with Crippen molar-refractivity contribution in [1.82, 2.24) is 19.7 Å². The van der Waals surface area contributed by atoms with Crippen LogP contribution in [0.15, 0.2) is 42.6 Å². The van der Waals surface area contributed by atoms with Crippen molar-refractivity contribution in [1.29, 1.82) is 0 Å². The van der Waals surface area contributed by atoms with Crippen LogP contribution in [0.3, 0.4) is 0 Å². The van der Waals surface area contributed by atoms with Gasteiger partial charge in [-0.05, 0) is 38.0 Å². The Morgan fingerprint density at radius 2 is 2.09 bits per heavy atom. The Morgan fingerprint density at radius 3 is 2.87 bits per heavy atom. The molecule has 1 aromatic carbocycles. The maximum atomic E-state index is 12.5. The van der Waals surface area contributed by atoms with Gasteiger partial charge in [0.2, 0.25) is 0 Å². The van der Waals surface area contributed by atoms with E-state index in [1.54, 1.807) is 0 Å². The van der Waals surface area contributed by atoms with Crippen molar-refractivity contribution in [2.24, 2.45) is 0 Å². The third-order valence-electron chi connectivity index (χ3n) is 4.40. The zero-order chi connectivity index (χ0) is 15.8. The Hall–Kier alpha value is -2.56. The molecule has 5 heteroatoms. The molecule has 5 nitrogen and oxygen atoms in total. The fourth-order valence-electron chi connectivity index (χ4n) is 3.08. The lowest BCUT2D eigenvalue weighted by molar-refractivity contribution is 0.0941. The average Bonchev–Trinajstić information content (AvgIpc) is 3.20. The molecule has 1 amide bonds. The number of carbonyl (C=O) groups is 1. The predicted molar refractivity (Wildman–Crippen MR) is 89.3 cm³/mol. The molecule has 0 atom stereocenters. The van der Waals surface area contributed by atoms with Gasteiger partial charge in [-0.2, -0.15) is 5.10 Å². The first kappa shape index (κ1) is 14.1. The minimum absolute atomic E-state index is 0.0305. The van der Waals surface area contributed by atoms with Crippen molar-refractivity contribution < 1.29 is 4.79 Å². The molecule has 2 aromatic heterocycles. The van der Waals surface area contributed by atoms with Crippen LogP contribution in [0, 0.1) is 0 Å². The van der Waals surface area contributed by atoms with Crippen LogP contribution in [0.5, 0.6) is 0 Å². The largest absolute Gasteiger partial charge is 0.345 e. The molecule has 1 saturated carbocycles. The molecule has 0 bridgehead atoms. The summed E-state index contributed by atoms with van der Waals surface area (Å²) >= 11 is 0. The Bertz CT molecular complexity index is 857. The Kier molecular flexibility index (Phi) is 3.41. The fourth-order valence-corrected chi connectivity index (χ4v) is 3.08. The van der Waals surface area contributed by atoms with Gasteiger partial charge in [-0.3, -0.25) is 9.48 Å². The fraction of sp³-hybridized carbons (Fsp3) is 0.333. The van der Waals surface area contributed by atoms with E-state index < -0.39 is 0 Å². The normalized spacial score (nSPS) is 14.3. The SMILES string of the molecule is CCn1nc(CNC(=O)c2cccn2C2CC2)c2ccccc21. The second-order valence-corrected chi connectivity index (χ2v) is 5.99. The molecule has 0 unspecified atom stereocenters. The third-order valence-corrected chi connectivity index (χ3v) is 4.40. The van der Waals surface area contributed by atoms with Gasteiger partial charge in [0, 0.05) is 24.2 Å². The number of nitrogens with zero attached hydrogens (tertiary/aromatic N) is 3. The maximum Gasteiger partial charge on any atom is 0.268 e. The second kappa shape index (κ2) is 5.57. The highest BCUT2D eigenvalue weighted by molar-refractivity contribution is 5.93. The standard InChI is InChI=1S/C18H20N4O/c1-2-22-16-7-4-3-6-14(16)15(20-22)12-19-18(23)17-8-5-11-21(17)13-9-10-13/h3-8,11,13H,2,9-10,12H2,1H3,(H,19,23). The van der Waals surface area contributed by atoms with Crippen LogP contribution >= 0.6 is 0 Å². The lowest BCUT2D eigenvalue weighted by Gasteiger charge is -2.08. The molecule has 4 rings (SSSR count). The van der Waals surface area contributed by atoms with Gasteiger partial charge in [0.05, 0.1) is 17.8 Å². The van der Waals surface area contributed by atoms with E-state index in [4.69, 9.17) is 0 Å². The van der Waals surface area contributed by atoms with Crippen molar-refractivity contribution in [3.05, 3.63) is 54.0 Å². The number of carbonyl (C=O) groups excluding carboxylic acids is 1. The van der Waals surface area contributed by atoms with E-state index in [9.17, 15) is 4.79 Å². The summed E-state index contributed by atoms with van der Waals surface area (Å²) in [5.41, 5.74) is 2.77. The lowest BCUT2D eigenvalue weighted by Crippen LogP contribution is -2.25. The van der Waals surface area contributed by atoms with Gasteiger partial charge >= 0.3 is 0 Å². The summed E-state index contributed by atoms with van der Waals surface area (Å²) in [4.78, 5) is 12.5. The van der Waals surface area contributed by atoms with Crippen molar-refractivity contribution in [2.75, 3.05) is 0 Å². The number of nitrogens with one attached hydrogen (secondary N) is 1. The highest BCUT2D eigenvalue weighted by Gasteiger charge is 2.26. The van der Waals surface area contributed by atoms with Gasteiger partial charge in [-0.25, -0.2) is 0 Å². The highest BCUT2D eigenvalue weighted by atomic mass is 16.1. The molecule has 118 valence electrons. The van der Waals surface area contributed by atoms with Crippen molar-refractivity contribution in [3.8, 4) is 0 Å². The molecule has 1 aliphatic rings. The van der Waals surface area contributed by atoms with E-state index in [1.807, 2.05) is 35.1 Å². The van der Waals surface area contributed by atoms with Gasteiger partial charge in [0.15, 0.2) is 0 Å². The molecule has 1 fully saturated rings. The molecule has 23 heavy (non-hydrogen) atoms. The van der Waals surface area contributed by atoms with Crippen LogP contribution in [0.1, 0.15) is 42.0 Å². The van der Waals surface area contributed by atoms with Gasteiger partial charge in [0.1, 0.15) is 5.69 Å². The Morgan fingerprint density at radius 1 is 1.26 bits per heavy atom. The van der Waals surface area contributed by atoms with Crippen LogP contribution in [-0.2, 0) is 13.1 Å². The van der Waals surface area contributed by atoms with Gasteiger partial charge in [-0.15, -0.1) is 0 Å². The number of amides is 1.